The topological polar surface area (TPSA) is 55.0 Å². The number of aromatic nitrogens is 2. The maximum Gasteiger partial charge on any atom is 0.259 e. The van der Waals surface area contributed by atoms with Crippen molar-refractivity contribution >= 4 is 10.9 Å². The lowest BCUT2D eigenvalue weighted by Crippen LogP contribution is -2.09. The average Bonchev–Trinajstić information content (AvgIpc) is 2.64. The van der Waals surface area contributed by atoms with Crippen LogP contribution in [0.5, 0.6) is 11.5 Å². The van der Waals surface area contributed by atoms with E-state index in [1.165, 1.54) is 12.1 Å². The van der Waals surface area contributed by atoms with E-state index in [2.05, 4.69) is 9.97 Å². The van der Waals surface area contributed by atoms with Crippen LogP contribution in [-0.2, 0) is 0 Å². The van der Waals surface area contributed by atoms with Crippen LogP contribution in [0.1, 0.15) is 0 Å². The van der Waals surface area contributed by atoms with Crippen LogP contribution < -0.4 is 10.3 Å². The van der Waals surface area contributed by atoms with E-state index >= 15 is 0 Å². The Kier molecular flexibility index (Phi) is 3.74. The number of halogens is 1. The van der Waals surface area contributed by atoms with Crippen LogP contribution in [-0.4, -0.2) is 9.97 Å². The number of H-pyrrole nitrogens is 1. The summed E-state index contributed by atoms with van der Waals surface area (Å²) in [6, 6.07) is 20.2. The first kappa shape index (κ1) is 15.1. The van der Waals surface area contributed by atoms with Crippen molar-refractivity contribution in [3.63, 3.8) is 0 Å². The number of para-hydroxylation sites is 1. The highest BCUT2D eigenvalue weighted by Crippen LogP contribution is 2.24. The molecule has 0 spiro atoms. The second kappa shape index (κ2) is 6.20. The van der Waals surface area contributed by atoms with E-state index in [-0.39, 0.29) is 11.4 Å². The van der Waals surface area contributed by atoms with Crippen molar-refractivity contribution in [1.82, 2.24) is 9.97 Å². The minimum atomic E-state index is -0.311. The zero-order valence-electron chi connectivity index (χ0n) is 13.1. The number of hydrogen-bond donors (Lipinski definition) is 1. The number of fused-ring (bicyclic) bond motifs is 1. The van der Waals surface area contributed by atoms with Crippen molar-refractivity contribution in [2.24, 2.45) is 0 Å². The van der Waals surface area contributed by atoms with Crippen LogP contribution in [0.15, 0.2) is 77.6 Å². The van der Waals surface area contributed by atoms with Gasteiger partial charge in [0.05, 0.1) is 10.9 Å². The van der Waals surface area contributed by atoms with Gasteiger partial charge < -0.3 is 9.72 Å². The number of hydrogen-bond acceptors (Lipinski definition) is 3. The summed E-state index contributed by atoms with van der Waals surface area (Å²) in [5, 5.41) is 0.558. The van der Waals surface area contributed by atoms with Crippen LogP contribution in [0.25, 0.3) is 22.3 Å². The highest BCUT2D eigenvalue weighted by Gasteiger charge is 2.06. The quantitative estimate of drug-likeness (QED) is 0.600. The van der Waals surface area contributed by atoms with Crippen LogP contribution in [0.4, 0.5) is 4.39 Å². The molecule has 4 nitrogen and oxygen atoms in total. The number of benzene rings is 3. The van der Waals surface area contributed by atoms with Gasteiger partial charge in [-0.1, -0.05) is 12.1 Å². The number of ether oxygens (including phenoxy) is 1. The highest BCUT2D eigenvalue weighted by molar-refractivity contribution is 5.79. The fourth-order valence-corrected chi connectivity index (χ4v) is 2.54. The maximum atomic E-state index is 12.9. The van der Waals surface area contributed by atoms with Crippen LogP contribution in [0.3, 0.4) is 0 Å². The number of rotatable bonds is 3. The van der Waals surface area contributed by atoms with E-state index in [0.29, 0.717) is 28.2 Å². The summed E-state index contributed by atoms with van der Waals surface area (Å²) in [4.78, 5) is 19.4. The van der Waals surface area contributed by atoms with Crippen LogP contribution >= 0.6 is 0 Å². The first-order valence-corrected chi connectivity index (χ1v) is 7.72. The number of aromatic amines is 1. The smallest absolute Gasteiger partial charge is 0.259 e. The Labute approximate surface area is 142 Å². The summed E-state index contributed by atoms with van der Waals surface area (Å²) < 4.78 is 18.6. The molecule has 1 heterocycles. The minimum Gasteiger partial charge on any atom is -0.457 e. The maximum absolute atomic E-state index is 12.9. The van der Waals surface area contributed by atoms with E-state index < -0.39 is 0 Å². The fraction of sp³-hybridized carbons (Fsp3) is 0. The summed E-state index contributed by atoms with van der Waals surface area (Å²) in [5.74, 6) is 1.34. The molecule has 0 fully saturated rings. The summed E-state index contributed by atoms with van der Waals surface area (Å²) in [5.41, 5.74) is 1.24. The third-order valence-electron chi connectivity index (χ3n) is 3.79. The second-order valence-electron chi connectivity index (χ2n) is 5.51. The van der Waals surface area contributed by atoms with Gasteiger partial charge >= 0.3 is 0 Å². The molecule has 3 aromatic carbocycles. The van der Waals surface area contributed by atoms with E-state index in [9.17, 15) is 9.18 Å². The zero-order chi connectivity index (χ0) is 17.2. The molecule has 0 bridgehead atoms. The molecule has 0 saturated carbocycles. The van der Waals surface area contributed by atoms with Crippen molar-refractivity contribution in [2.75, 3.05) is 0 Å². The number of nitrogens with zero attached hydrogens (tertiary/aromatic N) is 1. The summed E-state index contributed by atoms with van der Waals surface area (Å²) in [6.45, 7) is 0. The molecule has 0 aliphatic carbocycles. The van der Waals surface area contributed by atoms with E-state index in [0.717, 1.165) is 5.56 Å². The van der Waals surface area contributed by atoms with Crippen LogP contribution in [0, 0.1) is 5.82 Å². The Balaban J connectivity index is 1.64. The molecule has 1 N–H and O–H groups in total. The van der Waals surface area contributed by atoms with Gasteiger partial charge in [0, 0.05) is 5.56 Å². The molecule has 25 heavy (non-hydrogen) atoms. The molecule has 5 heteroatoms. The predicted octanol–water partition coefficient (Wildman–Crippen LogP) is 4.52. The lowest BCUT2D eigenvalue weighted by molar-refractivity contribution is 0.480. The molecule has 4 rings (SSSR count). The first-order chi connectivity index (χ1) is 12.2. The summed E-state index contributed by atoms with van der Waals surface area (Å²) in [6.07, 6.45) is 0. The van der Waals surface area contributed by atoms with Gasteiger partial charge in [-0.15, -0.1) is 0 Å². The minimum absolute atomic E-state index is 0.174. The third-order valence-corrected chi connectivity index (χ3v) is 3.79. The molecule has 0 aliphatic rings. The fourth-order valence-electron chi connectivity index (χ4n) is 2.54. The van der Waals surface area contributed by atoms with Crippen LogP contribution in [0.2, 0.25) is 0 Å². The highest BCUT2D eigenvalue weighted by atomic mass is 19.1. The molecule has 0 radical (unpaired) electrons. The van der Waals surface area contributed by atoms with Crippen molar-refractivity contribution in [1.29, 1.82) is 0 Å². The molecule has 0 saturated heterocycles. The average molecular weight is 332 g/mol. The molecule has 0 unspecified atom stereocenters. The molecule has 0 aliphatic heterocycles. The summed E-state index contributed by atoms with van der Waals surface area (Å²) >= 11 is 0. The molecule has 122 valence electrons. The van der Waals surface area contributed by atoms with Gasteiger partial charge in [0.1, 0.15) is 23.1 Å². The van der Waals surface area contributed by atoms with Gasteiger partial charge in [0.2, 0.25) is 0 Å². The Morgan fingerprint density at radius 1 is 0.840 bits per heavy atom. The largest absolute Gasteiger partial charge is 0.457 e. The molecule has 4 aromatic rings. The number of nitrogens with one attached hydrogen (secondary N) is 1. The zero-order valence-corrected chi connectivity index (χ0v) is 13.1. The van der Waals surface area contributed by atoms with Crippen molar-refractivity contribution < 1.29 is 9.13 Å². The van der Waals surface area contributed by atoms with Gasteiger partial charge in [0.25, 0.3) is 5.56 Å². The molecule has 0 amide bonds. The second-order valence-corrected chi connectivity index (χ2v) is 5.51. The molecular formula is C20H13FN2O2. The van der Waals surface area contributed by atoms with Crippen molar-refractivity contribution in [3.8, 4) is 22.9 Å². The lowest BCUT2D eigenvalue weighted by Gasteiger charge is -2.07. The monoisotopic (exact) mass is 332 g/mol. The Morgan fingerprint density at radius 3 is 2.20 bits per heavy atom. The van der Waals surface area contributed by atoms with Gasteiger partial charge in [-0.3, -0.25) is 4.79 Å². The Bertz CT molecular complexity index is 1090. The van der Waals surface area contributed by atoms with Gasteiger partial charge in [-0.25, -0.2) is 9.37 Å². The Morgan fingerprint density at radius 2 is 1.48 bits per heavy atom. The van der Waals surface area contributed by atoms with E-state index in [1.807, 2.05) is 18.2 Å². The van der Waals surface area contributed by atoms with Crippen molar-refractivity contribution in [3.05, 3.63) is 89.0 Å². The Hall–Kier alpha value is -3.47. The first-order valence-electron chi connectivity index (χ1n) is 7.72. The standard InChI is InChI=1S/C20H13FN2O2/c21-14-7-11-16(12-8-14)25-15-9-5-13(6-10-15)19-22-18-4-2-1-3-17(18)20(24)23-19/h1-12H,(H,22,23,24). The van der Waals surface area contributed by atoms with Crippen molar-refractivity contribution in [2.45, 2.75) is 0 Å². The lowest BCUT2D eigenvalue weighted by atomic mass is 10.2. The normalized spacial score (nSPS) is 10.8. The summed E-state index contributed by atoms with van der Waals surface area (Å²) in [7, 11) is 0. The predicted molar refractivity (Wildman–Crippen MR) is 94.3 cm³/mol. The van der Waals surface area contributed by atoms with E-state index in [4.69, 9.17) is 4.74 Å². The molecule has 0 atom stereocenters. The van der Waals surface area contributed by atoms with Gasteiger partial charge in [-0.05, 0) is 60.7 Å². The molecular weight excluding hydrogens is 319 g/mol. The van der Waals surface area contributed by atoms with Gasteiger partial charge in [0.15, 0.2) is 0 Å². The SMILES string of the molecule is O=c1[nH]c(-c2ccc(Oc3ccc(F)cc3)cc2)nc2ccccc12. The van der Waals surface area contributed by atoms with Gasteiger partial charge in [-0.2, -0.15) is 0 Å². The molecule has 1 aromatic heterocycles. The van der Waals surface area contributed by atoms with E-state index in [1.54, 1.807) is 42.5 Å². The third kappa shape index (κ3) is 3.12.